The van der Waals surface area contributed by atoms with Crippen LogP contribution < -0.4 is 5.32 Å². The van der Waals surface area contributed by atoms with Crippen LogP contribution >= 0.6 is 15.9 Å². The highest BCUT2D eigenvalue weighted by Gasteiger charge is 2.13. The summed E-state index contributed by atoms with van der Waals surface area (Å²) in [5.74, 6) is 0.0593. The Labute approximate surface area is 110 Å². The monoisotopic (exact) mass is 299 g/mol. The van der Waals surface area contributed by atoms with E-state index in [1.807, 2.05) is 38.1 Å². The van der Waals surface area contributed by atoms with Gasteiger partial charge in [-0.25, -0.2) is 0 Å². The van der Waals surface area contributed by atoms with Gasteiger partial charge in [-0.3, -0.25) is 4.79 Å². The van der Waals surface area contributed by atoms with Gasteiger partial charge in [0.05, 0.1) is 6.42 Å². The molecule has 1 rings (SSSR count). The fourth-order valence-corrected chi connectivity index (χ4v) is 1.66. The molecule has 0 saturated heterocycles. The lowest BCUT2D eigenvalue weighted by molar-refractivity contribution is -0.121. The quantitative estimate of drug-likeness (QED) is 0.875. The molecule has 0 bridgehead atoms. The zero-order chi connectivity index (χ0) is 12.8. The largest absolute Gasteiger partial charge is 0.396 e. The molecule has 17 heavy (non-hydrogen) atoms. The van der Waals surface area contributed by atoms with Gasteiger partial charge in [0.15, 0.2) is 0 Å². The smallest absolute Gasteiger partial charge is 0.224 e. The number of hydrogen-bond donors (Lipinski definition) is 2. The first-order valence-electron chi connectivity index (χ1n) is 5.67. The third-order valence-corrected chi connectivity index (χ3v) is 3.34. The molecule has 1 aromatic rings. The Morgan fingerprint density at radius 3 is 2.47 bits per heavy atom. The molecule has 0 fully saturated rings. The Hall–Kier alpha value is -0.870. The number of carbonyl (C=O) groups excluding carboxylic acids is 1. The van der Waals surface area contributed by atoms with E-state index in [1.165, 1.54) is 0 Å². The Morgan fingerprint density at radius 2 is 1.94 bits per heavy atom. The fourth-order valence-electron chi connectivity index (χ4n) is 1.39. The van der Waals surface area contributed by atoms with Crippen LogP contribution in [-0.2, 0) is 11.2 Å². The van der Waals surface area contributed by atoms with Crippen LogP contribution in [0.3, 0.4) is 0 Å². The van der Waals surface area contributed by atoms with Crippen molar-refractivity contribution >= 4 is 21.8 Å². The number of halogens is 1. The summed E-state index contributed by atoms with van der Waals surface area (Å²) in [6.45, 7) is 3.89. The van der Waals surface area contributed by atoms with Crippen LogP contribution in [0.1, 0.15) is 19.4 Å². The summed E-state index contributed by atoms with van der Waals surface area (Å²) in [5.41, 5.74) is 0.981. The first kappa shape index (κ1) is 14.2. The second-order valence-electron chi connectivity index (χ2n) is 4.32. The molecule has 2 atom stereocenters. The number of hydrogen-bond acceptors (Lipinski definition) is 2. The van der Waals surface area contributed by atoms with Crippen molar-refractivity contribution in [1.29, 1.82) is 0 Å². The summed E-state index contributed by atoms with van der Waals surface area (Å²) in [4.78, 5) is 11.7. The summed E-state index contributed by atoms with van der Waals surface area (Å²) in [6, 6.07) is 7.67. The van der Waals surface area contributed by atoms with E-state index in [-0.39, 0.29) is 24.5 Å². The number of amides is 1. The lowest BCUT2D eigenvalue weighted by atomic mass is 10.0. The van der Waals surface area contributed by atoms with E-state index in [0.29, 0.717) is 6.42 Å². The third-order valence-electron chi connectivity index (χ3n) is 2.81. The fraction of sp³-hybridized carbons (Fsp3) is 0.462. The molecule has 0 radical (unpaired) electrons. The van der Waals surface area contributed by atoms with Crippen LogP contribution in [-0.4, -0.2) is 23.7 Å². The summed E-state index contributed by atoms with van der Waals surface area (Å²) in [7, 11) is 0. The number of carbonyl (C=O) groups is 1. The maximum absolute atomic E-state index is 11.7. The van der Waals surface area contributed by atoms with Crippen LogP contribution in [0.15, 0.2) is 28.7 Å². The van der Waals surface area contributed by atoms with Crippen molar-refractivity contribution in [3.8, 4) is 0 Å². The minimum absolute atomic E-state index is 0.0112. The molecule has 0 spiro atoms. The van der Waals surface area contributed by atoms with E-state index in [4.69, 9.17) is 5.11 Å². The van der Waals surface area contributed by atoms with E-state index in [9.17, 15) is 4.79 Å². The lowest BCUT2D eigenvalue weighted by Gasteiger charge is -2.19. The Bertz CT molecular complexity index is 364. The average molecular weight is 300 g/mol. The molecule has 0 saturated carbocycles. The molecule has 0 aliphatic carbocycles. The van der Waals surface area contributed by atoms with Gasteiger partial charge in [-0.05, 0) is 30.5 Å². The molecule has 1 amide bonds. The number of benzene rings is 1. The van der Waals surface area contributed by atoms with Crippen molar-refractivity contribution in [2.24, 2.45) is 5.92 Å². The van der Waals surface area contributed by atoms with Crippen LogP contribution in [0.5, 0.6) is 0 Å². The average Bonchev–Trinajstić information content (AvgIpc) is 2.30. The van der Waals surface area contributed by atoms with E-state index in [1.54, 1.807) is 0 Å². The summed E-state index contributed by atoms with van der Waals surface area (Å²) in [5, 5.41) is 11.9. The minimum atomic E-state index is -0.0138. The van der Waals surface area contributed by atoms with Gasteiger partial charge in [0.1, 0.15) is 0 Å². The van der Waals surface area contributed by atoms with Crippen molar-refractivity contribution in [2.75, 3.05) is 6.61 Å². The van der Waals surface area contributed by atoms with Gasteiger partial charge < -0.3 is 10.4 Å². The van der Waals surface area contributed by atoms with Gasteiger partial charge in [-0.2, -0.15) is 0 Å². The number of nitrogens with one attached hydrogen (secondary N) is 1. The normalized spacial score (nSPS) is 14.1. The van der Waals surface area contributed by atoms with Crippen molar-refractivity contribution in [3.05, 3.63) is 34.3 Å². The first-order chi connectivity index (χ1) is 8.02. The molecule has 0 aliphatic heterocycles. The molecule has 0 heterocycles. The maximum atomic E-state index is 11.7. The summed E-state index contributed by atoms with van der Waals surface area (Å²) >= 11 is 3.35. The molecule has 4 heteroatoms. The molecule has 94 valence electrons. The molecule has 3 nitrogen and oxygen atoms in total. The zero-order valence-electron chi connectivity index (χ0n) is 10.1. The van der Waals surface area contributed by atoms with Crippen molar-refractivity contribution < 1.29 is 9.90 Å². The number of aliphatic hydroxyl groups is 1. The zero-order valence-corrected chi connectivity index (χ0v) is 11.7. The van der Waals surface area contributed by atoms with E-state index < -0.39 is 0 Å². The molecule has 0 aliphatic rings. The predicted octanol–water partition coefficient (Wildman–Crippen LogP) is 2.12. The molecular formula is C13H18BrNO2. The second kappa shape index (κ2) is 6.77. The van der Waals surface area contributed by atoms with Crippen LogP contribution in [0.2, 0.25) is 0 Å². The van der Waals surface area contributed by atoms with E-state index in [0.717, 1.165) is 10.0 Å². The van der Waals surface area contributed by atoms with Gasteiger partial charge in [-0.1, -0.05) is 35.0 Å². The SMILES string of the molecule is CC(CO)C(C)NC(=O)Cc1ccc(Br)cc1. The van der Waals surface area contributed by atoms with Crippen LogP contribution in [0, 0.1) is 5.92 Å². The number of aliphatic hydroxyl groups excluding tert-OH is 1. The lowest BCUT2D eigenvalue weighted by Crippen LogP contribution is -2.39. The highest BCUT2D eigenvalue weighted by atomic mass is 79.9. The minimum Gasteiger partial charge on any atom is -0.396 e. The maximum Gasteiger partial charge on any atom is 0.224 e. The molecular weight excluding hydrogens is 282 g/mol. The van der Waals surface area contributed by atoms with E-state index in [2.05, 4.69) is 21.2 Å². The van der Waals surface area contributed by atoms with Gasteiger partial charge in [0.25, 0.3) is 0 Å². The predicted molar refractivity (Wildman–Crippen MR) is 71.7 cm³/mol. The molecule has 2 N–H and O–H groups in total. The topological polar surface area (TPSA) is 49.3 Å². The third kappa shape index (κ3) is 4.88. The van der Waals surface area contributed by atoms with E-state index >= 15 is 0 Å². The number of rotatable bonds is 5. The van der Waals surface area contributed by atoms with Crippen LogP contribution in [0.4, 0.5) is 0 Å². The van der Waals surface area contributed by atoms with Crippen molar-refractivity contribution in [1.82, 2.24) is 5.32 Å². The van der Waals surface area contributed by atoms with Crippen molar-refractivity contribution in [3.63, 3.8) is 0 Å². The highest BCUT2D eigenvalue weighted by Crippen LogP contribution is 2.11. The standard InChI is InChI=1S/C13H18BrNO2/c1-9(8-16)10(2)15-13(17)7-11-3-5-12(14)6-4-11/h3-6,9-10,16H,7-8H2,1-2H3,(H,15,17). The van der Waals surface area contributed by atoms with Gasteiger partial charge >= 0.3 is 0 Å². The Balaban J connectivity index is 2.47. The second-order valence-corrected chi connectivity index (χ2v) is 5.23. The Kier molecular flexibility index (Phi) is 5.65. The summed E-state index contributed by atoms with van der Waals surface area (Å²) < 4.78 is 1.00. The first-order valence-corrected chi connectivity index (χ1v) is 6.47. The Morgan fingerprint density at radius 1 is 1.35 bits per heavy atom. The molecule has 2 unspecified atom stereocenters. The molecule has 1 aromatic carbocycles. The van der Waals surface area contributed by atoms with Crippen LogP contribution in [0.25, 0.3) is 0 Å². The summed E-state index contributed by atoms with van der Waals surface area (Å²) in [6.07, 6.45) is 0.371. The van der Waals surface area contributed by atoms with Gasteiger partial charge in [0, 0.05) is 17.1 Å². The highest BCUT2D eigenvalue weighted by molar-refractivity contribution is 9.10. The molecule has 0 aromatic heterocycles. The van der Waals surface area contributed by atoms with Gasteiger partial charge in [-0.15, -0.1) is 0 Å². The van der Waals surface area contributed by atoms with Gasteiger partial charge in [0.2, 0.25) is 5.91 Å². The van der Waals surface area contributed by atoms with Crippen molar-refractivity contribution in [2.45, 2.75) is 26.3 Å².